The fourth-order valence-electron chi connectivity index (χ4n) is 5.38. The quantitative estimate of drug-likeness (QED) is 0.274. The molecule has 1 saturated carbocycles. The highest BCUT2D eigenvalue weighted by Gasteiger charge is 2.27. The molecular weight excluding hydrogens is 530 g/mol. The van der Waals surface area contributed by atoms with Gasteiger partial charge in [-0.05, 0) is 68.4 Å². The van der Waals surface area contributed by atoms with Gasteiger partial charge in [0.1, 0.15) is 16.9 Å². The van der Waals surface area contributed by atoms with E-state index in [4.69, 9.17) is 31.1 Å². The molecule has 10 nitrogen and oxygen atoms in total. The number of nitrogens with one attached hydrogen (secondary N) is 1. The van der Waals surface area contributed by atoms with Gasteiger partial charge in [0.05, 0.1) is 5.60 Å². The number of halogens is 1. The van der Waals surface area contributed by atoms with Crippen molar-refractivity contribution in [2.75, 3.05) is 0 Å². The molecular formula is C29H30ClN7O3. The molecule has 0 unspecified atom stereocenters. The number of aromatic amines is 1. The number of nitrogens with zero attached hydrogens (tertiary/aromatic N) is 6. The number of H-pyrrole nitrogens is 1. The van der Waals surface area contributed by atoms with Crippen molar-refractivity contribution in [1.82, 2.24) is 34.6 Å². The van der Waals surface area contributed by atoms with Gasteiger partial charge in [0.25, 0.3) is 0 Å². The standard InChI is InChI=1S/C29H30ClN7O3/c1-16-7-9-17(10-8-16)15-37-23-22(18-5-4-6-20(30)13-18)32-25(26-35-28(38)40-36-26)33-24(23)34-27(37)21-14-19(11-12-31-21)29(2,3)39/h4-6,11-14,16-17,39H,7-10,15H2,1-3H3,(H,35,36,38). The van der Waals surface area contributed by atoms with Crippen LogP contribution in [0.3, 0.4) is 0 Å². The van der Waals surface area contributed by atoms with E-state index in [1.165, 1.54) is 12.8 Å². The van der Waals surface area contributed by atoms with E-state index >= 15 is 0 Å². The summed E-state index contributed by atoms with van der Waals surface area (Å²) < 4.78 is 6.88. The van der Waals surface area contributed by atoms with E-state index in [2.05, 4.69) is 26.6 Å². The average molecular weight is 560 g/mol. The highest BCUT2D eigenvalue weighted by molar-refractivity contribution is 6.30. The van der Waals surface area contributed by atoms with E-state index < -0.39 is 11.4 Å². The van der Waals surface area contributed by atoms with Crippen molar-refractivity contribution < 1.29 is 9.63 Å². The second-order valence-electron chi connectivity index (χ2n) is 11.2. The zero-order valence-corrected chi connectivity index (χ0v) is 23.3. The number of hydrogen-bond acceptors (Lipinski definition) is 8. The Morgan fingerprint density at radius 2 is 1.93 bits per heavy atom. The van der Waals surface area contributed by atoms with Crippen molar-refractivity contribution in [1.29, 1.82) is 0 Å². The van der Waals surface area contributed by atoms with Crippen molar-refractivity contribution in [3.8, 4) is 34.4 Å². The summed E-state index contributed by atoms with van der Waals surface area (Å²) in [5.41, 5.74) is 2.84. The molecule has 0 saturated heterocycles. The van der Waals surface area contributed by atoms with E-state index in [0.29, 0.717) is 40.3 Å². The zero-order chi connectivity index (χ0) is 28.0. The number of hydrogen-bond donors (Lipinski definition) is 2. The lowest BCUT2D eigenvalue weighted by molar-refractivity contribution is 0.0785. The molecule has 0 spiro atoms. The SMILES string of the molecule is CC1CCC(Cn2c(-c3cc(C(C)(C)O)ccn3)nc3nc(-c4noc(=O)[nH]4)nc(-c4cccc(Cl)c4)c32)CC1. The van der Waals surface area contributed by atoms with Gasteiger partial charge in [0.15, 0.2) is 11.5 Å². The number of aromatic nitrogens is 7. The van der Waals surface area contributed by atoms with E-state index in [1.807, 2.05) is 24.3 Å². The average Bonchev–Trinajstić information content (AvgIpc) is 3.53. The molecule has 4 heterocycles. The lowest BCUT2D eigenvalue weighted by Gasteiger charge is -2.27. The summed E-state index contributed by atoms with van der Waals surface area (Å²) in [6.45, 7) is 6.50. The maximum absolute atomic E-state index is 11.7. The van der Waals surface area contributed by atoms with Gasteiger partial charge in [0, 0.05) is 23.3 Å². The van der Waals surface area contributed by atoms with E-state index in [9.17, 15) is 9.90 Å². The zero-order valence-electron chi connectivity index (χ0n) is 22.6. The van der Waals surface area contributed by atoms with Gasteiger partial charge >= 0.3 is 5.76 Å². The molecule has 5 aromatic rings. The molecule has 0 amide bonds. The Kier molecular flexibility index (Phi) is 6.75. The Hall–Kier alpha value is -3.89. The molecule has 11 heteroatoms. The molecule has 0 radical (unpaired) electrons. The van der Waals surface area contributed by atoms with Gasteiger partial charge in [-0.25, -0.2) is 19.7 Å². The predicted octanol–water partition coefficient (Wildman–Crippen LogP) is 5.61. The normalized spacial score (nSPS) is 17.9. The highest BCUT2D eigenvalue weighted by atomic mass is 35.5. The summed E-state index contributed by atoms with van der Waals surface area (Å²) in [7, 11) is 0. The van der Waals surface area contributed by atoms with Crippen LogP contribution in [0.25, 0.3) is 45.6 Å². The van der Waals surface area contributed by atoms with Gasteiger partial charge < -0.3 is 9.67 Å². The van der Waals surface area contributed by atoms with Gasteiger partial charge in [0.2, 0.25) is 11.6 Å². The monoisotopic (exact) mass is 559 g/mol. The third kappa shape index (κ3) is 5.16. The fraction of sp³-hybridized carbons (Fsp3) is 0.379. The van der Waals surface area contributed by atoms with Crippen LogP contribution in [0.1, 0.15) is 52.0 Å². The molecule has 0 aliphatic heterocycles. The Morgan fingerprint density at radius 3 is 2.62 bits per heavy atom. The molecule has 1 aliphatic rings. The molecule has 0 bridgehead atoms. The van der Waals surface area contributed by atoms with Crippen molar-refractivity contribution >= 4 is 22.8 Å². The van der Waals surface area contributed by atoms with Crippen molar-refractivity contribution in [3.05, 3.63) is 63.7 Å². The Balaban J connectivity index is 1.62. The Labute approximate surface area is 235 Å². The largest absolute Gasteiger partial charge is 0.439 e. The summed E-state index contributed by atoms with van der Waals surface area (Å²) in [5, 5.41) is 15.1. The van der Waals surface area contributed by atoms with Crippen LogP contribution in [0, 0.1) is 11.8 Å². The lowest BCUT2D eigenvalue weighted by atomic mass is 9.83. The topological polar surface area (TPSA) is 136 Å². The minimum Gasteiger partial charge on any atom is -0.386 e. The number of imidazole rings is 1. The van der Waals surface area contributed by atoms with Gasteiger partial charge in [-0.2, -0.15) is 0 Å². The number of aliphatic hydroxyl groups is 1. The maximum Gasteiger partial charge on any atom is 0.439 e. The predicted molar refractivity (Wildman–Crippen MR) is 151 cm³/mol. The van der Waals surface area contributed by atoms with Gasteiger partial charge in [-0.3, -0.25) is 14.5 Å². The lowest BCUT2D eigenvalue weighted by Crippen LogP contribution is -2.19. The van der Waals surface area contributed by atoms with Crippen LogP contribution in [0.4, 0.5) is 0 Å². The van der Waals surface area contributed by atoms with Crippen LogP contribution in [-0.4, -0.2) is 39.8 Å². The number of pyridine rings is 1. The number of fused-ring (bicyclic) bond motifs is 1. The number of rotatable bonds is 6. The van der Waals surface area contributed by atoms with E-state index in [1.54, 1.807) is 32.2 Å². The fourth-order valence-corrected chi connectivity index (χ4v) is 5.57. The van der Waals surface area contributed by atoms with Crippen molar-refractivity contribution in [2.45, 2.75) is 58.6 Å². The maximum atomic E-state index is 11.7. The smallest absolute Gasteiger partial charge is 0.386 e. The first-order valence-corrected chi connectivity index (χ1v) is 13.8. The van der Waals surface area contributed by atoms with Crippen LogP contribution < -0.4 is 5.76 Å². The molecule has 1 fully saturated rings. The minimum absolute atomic E-state index is 0.106. The summed E-state index contributed by atoms with van der Waals surface area (Å²) in [6, 6.07) is 11.1. The summed E-state index contributed by atoms with van der Waals surface area (Å²) in [6.07, 6.45) is 6.27. The van der Waals surface area contributed by atoms with Crippen molar-refractivity contribution in [2.24, 2.45) is 11.8 Å². The second-order valence-corrected chi connectivity index (χ2v) is 11.6. The third-order valence-corrected chi connectivity index (χ3v) is 7.86. The highest BCUT2D eigenvalue weighted by Crippen LogP contribution is 2.36. The van der Waals surface area contributed by atoms with Gasteiger partial charge in [-0.15, -0.1) is 0 Å². The van der Waals surface area contributed by atoms with Crippen LogP contribution in [0.2, 0.25) is 5.02 Å². The first-order valence-electron chi connectivity index (χ1n) is 13.5. The van der Waals surface area contributed by atoms with Crippen LogP contribution in [-0.2, 0) is 12.1 Å². The van der Waals surface area contributed by atoms with Crippen LogP contribution in [0.5, 0.6) is 0 Å². The van der Waals surface area contributed by atoms with Crippen LogP contribution >= 0.6 is 11.6 Å². The molecule has 4 aromatic heterocycles. The number of benzene rings is 1. The molecule has 40 heavy (non-hydrogen) atoms. The second kappa shape index (κ2) is 10.3. The van der Waals surface area contributed by atoms with E-state index in [-0.39, 0.29) is 11.6 Å². The molecule has 1 aromatic carbocycles. The molecule has 2 N–H and O–H groups in total. The first kappa shape index (κ1) is 26.3. The summed E-state index contributed by atoms with van der Waals surface area (Å²) >= 11 is 6.40. The minimum atomic E-state index is -1.05. The third-order valence-electron chi connectivity index (χ3n) is 7.62. The Morgan fingerprint density at radius 1 is 1.12 bits per heavy atom. The summed E-state index contributed by atoms with van der Waals surface area (Å²) in [4.78, 5) is 33.4. The van der Waals surface area contributed by atoms with Crippen LogP contribution in [0.15, 0.2) is 51.9 Å². The molecule has 6 rings (SSSR count). The molecule has 206 valence electrons. The Bertz CT molecular complexity index is 1740. The molecule has 0 atom stereocenters. The first-order chi connectivity index (χ1) is 19.2. The van der Waals surface area contributed by atoms with Crippen molar-refractivity contribution in [3.63, 3.8) is 0 Å². The van der Waals surface area contributed by atoms with Gasteiger partial charge in [-0.1, -0.05) is 48.7 Å². The summed E-state index contributed by atoms with van der Waals surface area (Å²) in [5.74, 6) is 1.38. The molecule has 1 aliphatic carbocycles. The van der Waals surface area contributed by atoms with E-state index in [0.717, 1.165) is 35.4 Å².